The number of amides is 2. The Bertz CT molecular complexity index is 951. The Morgan fingerprint density at radius 1 is 1.17 bits per heavy atom. The van der Waals surface area contributed by atoms with E-state index in [9.17, 15) is 14.4 Å². The molecule has 2 aromatic heterocycles. The highest BCUT2D eigenvalue weighted by Gasteiger charge is 2.30. The van der Waals surface area contributed by atoms with Gasteiger partial charge in [-0.05, 0) is 12.0 Å². The van der Waals surface area contributed by atoms with E-state index < -0.39 is 11.9 Å². The Morgan fingerprint density at radius 2 is 1.93 bits per heavy atom. The van der Waals surface area contributed by atoms with Crippen LogP contribution in [0.25, 0.3) is 0 Å². The molecule has 1 aliphatic heterocycles. The highest BCUT2D eigenvalue weighted by Crippen LogP contribution is 2.38. The van der Waals surface area contributed by atoms with Crippen molar-refractivity contribution in [3.8, 4) is 11.9 Å². The van der Waals surface area contributed by atoms with E-state index in [1.54, 1.807) is 4.90 Å². The fourth-order valence-corrected chi connectivity index (χ4v) is 4.21. The van der Waals surface area contributed by atoms with Gasteiger partial charge in [0.25, 0.3) is 5.91 Å². The quantitative estimate of drug-likeness (QED) is 0.723. The summed E-state index contributed by atoms with van der Waals surface area (Å²) in [6, 6.07) is 1.34. The van der Waals surface area contributed by atoms with Gasteiger partial charge in [-0.2, -0.15) is 9.97 Å². The zero-order valence-corrected chi connectivity index (χ0v) is 17.2. The average Bonchev–Trinajstić information content (AvgIpc) is 3.09. The molecule has 2 aromatic rings. The molecule has 0 saturated carbocycles. The molecule has 11 heteroatoms. The molecule has 3 heterocycles. The number of rotatable bonds is 5. The van der Waals surface area contributed by atoms with Crippen molar-refractivity contribution in [2.75, 3.05) is 33.2 Å². The van der Waals surface area contributed by atoms with Crippen molar-refractivity contribution in [3.05, 3.63) is 27.8 Å². The van der Waals surface area contributed by atoms with Crippen LogP contribution in [-0.2, 0) is 22.5 Å². The Kier molecular flexibility index (Phi) is 5.97. The number of aromatic nitrogens is 2. The molecule has 0 spiro atoms. The predicted molar refractivity (Wildman–Crippen MR) is 104 cm³/mol. The molecule has 29 heavy (non-hydrogen) atoms. The first kappa shape index (κ1) is 20.5. The Morgan fingerprint density at radius 3 is 2.55 bits per heavy atom. The van der Waals surface area contributed by atoms with Crippen LogP contribution in [0.1, 0.15) is 38.2 Å². The number of fused-ring (bicyclic) bond motifs is 1. The molecule has 0 aromatic carbocycles. The summed E-state index contributed by atoms with van der Waals surface area (Å²) < 4.78 is 15.0. The molecule has 0 saturated heterocycles. The zero-order valence-electron chi connectivity index (χ0n) is 16.4. The Labute approximate surface area is 170 Å². The fraction of sp³-hybridized carbons (Fsp3) is 0.389. The number of thiophene rings is 1. The standard InChI is InChI=1S/C18H20N4O6S/c1-9(23)22-6-5-10-12(8-22)29-16(14(10)17(25)27-3)21-15(24)11-7-13(26-2)20-18(19-11)28-4/h7H,5-6,8H2,1-4H3,(H,21,24). The van der Waals surface area contributed by atoms with Gasteiger partial charge in [-0.25, -0.2) is 4.79 Å². The lowest BCUT2D eigenvalue weighted by Crippen LogP contribution is -2.33. The van der Waals surface area contributed by atoms with E-state index in [0.717, 1.165) is 10.4 Å². The maximum Gasteiger partial charge on any atom is 0.341 e. The van der Waals surface area contributed by atoms with Crippen molar-refractivity contribution >= 4 is 34.1 Å². The highest BCUT2D eigenvalue weighted by molar-refractivity contribution is 7.17. The molecule has 3 rings (SSSR count). The van der Waals surface area contributed by atoms with E-state index in [2.05, 4.69) is 15.3 Å². The topological polar surface area (TPSA) is 120 Å². The van der Waals surface area contributed by atoms with Gasteiger partial charge in [0.2, 0.25) is 11.8 Å². The number of methoxy groups -OCH3 is 3. The van der Waals surface area contributed by atoms with Crippen LogP contribution >= 0.6 is 11.3 Å². The van der Waals surface area contributed by atoms with Gasteiger partial charge in [0, 0.05) is 24.4 Å². The third-order valence-corrected chi connectivity index (χ3v) is 5.56. The SMILES string of the molecule is COC(=O)c1c(NC(=O)c2cc(OC)nc(OC)n2)sc2c1CCN(C(C)=O)C2. The van der Waals surface area contributed by atoms with E-state index in [-0.39, 0.29) is 23.5 Å². The van der Waals surface area contributed by atoms with Crippen molar-refractivity contribution < 1.29 is 28.6 Å². The molecular weight excluding hydrogens is 400 g/mol. The fourth-order valence-electron chi connectivity index (χ4n) is 2.96. The smallest absolute Gasteiger partial charge is 0.341 e. The summed E-state index contributed by atoms with van der Waals surface area (Å²) in [5.41, 5.74) is 1.10. The van der Waals surface area contributed by atoms with Gasteiger partial charge in [0.15, 0.2) is 0 Å². The monoisotopic (exact) mass is 420 g/mol. The number of carbonyl (C=O) groups is 3. The summed E-state index contributed by atoms with van der Waals surface area (Å²) in [5.74, 6) is -0.990. The van der Waals surface area contributed by atoms with Gasteiger partial charge >= 0.3 is 12.0 Å². The van der Waals surface area contributed by atoms with E-state index in [1.807, 2.05) is 0 Å². The van der Waals surface area contributed by atoms with Crippen LogP contribution in [0, 0.1) is 0 Å². The van der Waals surface area contributed by atoms with Gasteiger partial charge in [0.05, 0.1) is 33.4 Å². The van der Waals surface area contributed by atoms with Crippen LogP contribution in [0.2, 0.25) is 0 Å². The third kappa shape index (κ3) is 4.14. The van der Waals surface area contributed by atoms with Crippen LogP contribution in [0.4, 0.5) is 5.00 Å². The Hall–Kier alpha value is -3.21. The number of esters is 1. The van der Waals surface area contributed by atoms with E-state index in [0.29, 0.717) is 30.1 Å². The van der Waals surface area contributed by atoms with Gasteiger partial charge in [-0.1, -0.05) is 0 Å². The largest absolute Gasteiger partial charge is 0.481 e. The average molecular weight is 420 g/mol. The van der Waals surface area contributed by atoms with Gasteiger partial charge in [-0.3, -0.25) is 9.59 Å². The molecule has 1 N–H and O–H groups in total. The van der Waals surface area contributed by atoms with Crippen LogP contribution in [0.3, 0.4) is 0 Å². The summed E-state index contributed by atoms with van der Waals surface area (Å²) in [5, 5.41) is 3.06. The number of ether oxygens (including phenoxy) is 3. The second-order valence-corrected chi connectivity index (χ2v) is 7.23. The number of anilines is 1. The molecule has 10 nitrogen and oxygen atoms in total. The van der Waals surface area contributed by atoms with Crippen LogP contribution in [0.15, 0.2) is 6.07 Å². The predicted octanol–water partition coefficient (Wildman–Crippen LogP) is 1.50. The molecular formula is C18H20N4O6S. The summed E-state index contributed by atoms with van der Waals surface area (Å²) in [4.78, 5) is 47.4. The molecule has 0 aliphatic carbocycles. The summed E-state index contributed by atoms with van der Waals surface area (Å²) in [6.45, 7) is 2.37. The Balaban J connectivity index is 1.96. The molecule has 0 fully saturated rings. The first-order valence-electron chi connectivity index (χ1n) is 8.64. The van der Waals surface area contributed by atoms with Crippen LogP contribution in [-0.4, -0.2) is 60.5 Å². The van der Waals surface area contributed by atoms with Gasteiger partial charge in [0.1, 0.15) is 10.7 Å². The number of carbonyl (C=O) groups excluding carboxylic acids is 3. The number of nitrogens with one attached hydrogen (secondary N) is 1. The first-order valence-corrected chi connectivity index (χ1v) is 9.46. The molecule has 154 valence electrons. The number of nitrogens with zero attached hydrogens (tertiary/aromatic N) is 3. The summed E-state index contributed by atoms with van der Waals surface area (Å²) in [6.07, 6.45) is 0.501. The molecule has 1 aliphatic rings. The lowest BCUT2D eigenvalue weighted by molar-refractivity contribution is -0.129. The summed E-state index contributed by atoms with van der Waals surface area (Å²) >= 11 is 1.24. The van der Waals surface area contributed by atoms with Crippen molar-refractivity contribution in [2.45, 2.75) is 19.9 Å². The normalized spacial score (nSPS) is 12.8. The zero-order chi connectivity index (χ0) is 21.1. The van der Waals surface area contributed by atoms with Crippen molar-refractivity contribution in [1.29, 1.82) is 0 Å². The minimum atomic E-state index is -0.559. The lowest BCUT2D eigenvalue weighted by atomic mass is 10.0. The second kappa shape index (κ2) is 8.43. The summed E-state index contributed by atoms with van der Waals surface area (Å²) in [7, 11) is 4.07. The van der Waals surface area contributed by atoms with Gasteiger partial charge in [-0.15, -0.1) is 11.3 Å². The maximum absolute atomic E-state index is 12.8. The van der Waals surface area contributed by atoms with Crippen LogP contribution in [0.5, 0.6) is 11.9 Å². The molecule has 0 unspecified atom stereocenters. The van der Waals surface area contributed by atoms with Gasteiger partial charge < -0.3 is 24.4 Å². The maximum atomic E-state index is 12.8. The first-order chi connectivity index (χ1) is 13.9. The van der Waals surface area contributed by atoms with E-state index >= 15 is 0 Å². The third-order valence-electron chi connectivity index (χ3n) is 4.43. The minimum Gasteiger partial charge on any atom is -0.481 e. The van der Waals surface area contributed by atoms with Crippen molar-refractivity contribution in [2.24, 2.45) is 0 Å². The minimum absolute atomic E-state index is 0.0150. The lowest BCUT2D eigenvalue weighted by Gasteiger charge is -2.25. The second-order valence-electron chi connectivity index (χ2n) is 6.13. The molecule has 0 radical (unpaired) electrons. The number of hydrogen-bond acceptors (Lipinski definition) is 9. The van der Waals surface area contributed by atoms with E-state index in [4.69, 9.17) is 14.2 Å². The molecule has 0 bridgehead atoms. The molecule has 0 atom stereocenters. The van der Waals surface area contributed by atoms with Crippen molar-refractivity contribution in [1.82, 2.24) is 14.9 Å². The molecule has 2 amide bonds. The van der Waals surface area contributed by atoms with Crippen LogP contribution < -0.4 is 14.8 Å². The highest BCUT2D eigenvalue weighted by atomic mass is 32.1. The van der Waals surface area contributed by atoms with E-state index in [1.165, 1.54) is 45.7 Å². The number of hydrogen-bond donors (Lipinski definition) is 1. The van der Waals surface area contributed by atoms with Crippen molar-refractivity contribution in [3.63, 3.8) is 0 Å².